The molecule has 1 aliphatic rings. The number of nitrogen functional groups attached to an aromatic ring is 1. The van der Waals surface area contributed by atoms with Gasteiger partial charge in [-0.1, -0.05) is 35.9 Å². The maximum absolute atomic E-state index is 14.8. The first-order chi connectivity index (χ1) is 18.8. The van der Waals surface area contributed by atoms with Crippen molar-refractivity contribution in [2.45, 2.75) is 6.17 Å². The number of para-hydroxylation sites is 1. The van der Waals surface area contributed by atoms with E-state index in [1.54, 1.807) is 35.2 Å². The number of rotatable bonds is 7. The summed E-state index contributed by atoms with van der Waals surface area (Å²) in [5.41, 5.74) is 6.77. The Labute approximate surface area is 227 Å². The van der Waals surface area contributed by atoms with Gasteiger partial charge in [-0.2, -0.15) is 4.39 Å². The van der Waals surface area contributed by atoms with Crippen LogP contribution in [0.1, 0.15) is 21.5 Å². The first-order valence-electron chi connectivity index (χ1n) is 11.7. The molecule has 1 atom stereocenters. The number of nitrogens with two attached hydrogens (primary N) is 1. The quantitative estimate of drug-likeness (QED) is 0.241. The zero-order valence-electron chi connectivity index (χ0n) is 20.5. The second kappa shape index (κ2) is 10.5. The van der Waals surface area contributed by atoms with Crippen LogP contribution < -0.4 is 26.0 Å². The first-order valence-corrected chi connectivity index (χ1v) is 12.1. The van der Waals surface area contributed by atoms with E-state index in [9.17, 15) is 13.6 Å². The zero-order valence-corrected chi connectivity index (χ0v) is 21.3. The Morgan fingerprint density at radius 2 is 1.90 bits per heavy atom. The van der Waals surface area contributed by atoms with Crippen LogP contribution in [0.5, 0.6) is 5.75 Å². The van der Waals surface area contributed by atoms with Gasteiger partial charge in [0.1, 0.15) is 24.1 Å². The minimum absolute atomic E-state index is 0.0298. The van der Waals surface area contributed by atoms with Crippen molar-refractivity contribution in [3.63, 3.8) is 0 Å². The molecule has 4 aromatic rings. The number of nitrogens with zero attached hydrogens (tertiary/aromatic N) is 3. The summed E-state index contributed by atoms with van der Waals surface area (Å²) in [6.07, 6.45) is 0.558. The molecule has 198 valence electrons. The summed E-state index contributed by atoms with van der Waals surface area (Å²) < 4.78 is 34.0. The van der Waals surface area contributed by atoms with Gasteiger partial charge in [0.15, 0.2) is 11.6 Å². The summed E-state index contributed by atoms with van der Waals surface area (Å²) in [6, 6.07) is 16.6. The third kappa shape index (κ3) is 4.68. The van der Waals surface area contributed by atoms with Gasteiger partial charge in [-0.05, 0) is 36.4 Å². The fourth-order valence-electron chi connectivity index (χ4n) is 4.39. The Balaban J connectivity index is 1.49. The highest BCUT2D eigenvalue weighted by atomic mass is 35.5. The van der Waals surface area contributed by atoms with Crippen LogP contribution in [0.25, 0.3) is 0 Å². The number of benzene rings is 3. The number of carbonyl (C=O) groups excluding carboxylic acids is 1. The van der Waals surface area contributed by atoms with Crippen LogP contribution >= 0.6 is 11.6 Å². The summed E-state index contributed by atoms with van der Waals surface area (Å²) in [4.78, 5) is 23.3. The van der Waals surface area contributed by atoms with Crippen LogP contribution in [0.4, 0.5) is 31.8 Å². The molecular formula is C27H22ClF2N7O2. The molecule has 0 saturated heterocycles. The summed E-state index contributed by atoms with van der Waals surface area (Å²) in [7, 11) is 1.21. The van der Waals surface area contributed by atoms with Gasteiger partial charge in [0.2, 0.25) is 5.82 Å². The molecule has 5 rings (SSSR count). The molecule has 0 aliphatic carbocycles. The maximum Gasteiger partial charge on any atom is 0.263 e. The van der Waals surface area contributed by atoms with E-state index in [1.165, 1.54) is 25.6 Å². The normalized spacial score (nSPS) is 14.4. The molecule has 0 radical (unpaired) electrons. The van der Waals surface area contributed by atoms with Gasteiger partial charge in [0.05, 0.1) is 41.2 Å². The predicted molar refractivity (Wildman–Crippen MR) is 146 cm³/mol. The molecule has 1 amide bonds. The fourth-order valence-corrected chi connectivity index (χ4v) is 4.64. The summed E-state index contributed by atoms with van der Waals surface area (Å²) in [5.74, 6) is -3.12. The Bertz CT molecular complexity index is 1590. The highest BCUT2D eigenvalue weighted by molar-refractivity contribution is 6.35. The van der Waals surface area contributed by atoms with E-state index in [0.29, 0.717) is 22.0 Å². The number of nitrogens with one attached hydrogen (secondary N) is 3. The minimum atomic E-state index is -1.27. The number of hydrogen-bond acceptors (Lipinski definition) is 8. The Hall–Kier alpha value is -4.77. The third-order valence-corrected chi connectivity index (χ3v) is 6.55. The second-order valence-electron chi connectivity index (χ2n) is 8.52. The van der Waals surface area contributed by atoms with Crippen molar-refractivity contribution in [3.8, 4) is 5.75 Å². The van der Waals surface area contributed by atoms with E-state index < -0.39 is 23.5 Å². The highest BCUT2D eigenvalue weighted by Gasteiger charge is 2.35. The van der Waals surface area contributed by atoms with Gasteiger partial charge in [0.25, 0.3) is 5.91 Å². The van der Waals surface area contributed by atoms with E-state index in [0.717, 1.165) is 0 Å². The van der Waals surface area contributed by atoms with Gasteiger partial charge >= 0.3 is 0 Å². The van der Waals surface area contributed by atoms with E-state index in [-0.39, 0.29) is 41.0 Å². The van der Waals surface area contributed by atoms with E-state index >= 15 is 0 Å². The molecule has 0 fully saturated rings. The number of methoxy groups -OCH3 is 1. The van der Waals surface area contributed by atoms with Gasteiger partial charge in [0, 0.05) is 11.3 Å². The van der Waals surface area contributed by atoms with Crippen LogP contribution in [0.15, 0.2) is 67.0 Å². The number of carbonyl (C=O) groups is 1. The Morgan fingerprint density at radius 3 is 2.64 bits per heavy atom. The van der Waals surface area contributed by atoms with Gasteiger partial charge in [-0.15, -0.1) is 0 Å². The lowest BCUT2D eigenvalue weighted by Gasteiger charge is -2.38. The first kappa shape index (κ1) is 25.9. The van der Waals surface area contributed by atoms with Crippen molar-refractivity contribution in [1.29, 1.82) is 5.41 Å². The monoisotopic (exact) mass is 549 g/mol. The van der Waals surface area contributed by atoms with E-state index in [4.69, 9.17) is 27.5 Å². The second-order valence-corrected chi connectivity index (χ2v) is 8.92. The number of anilines is 4. The summed E-state index contributed by atoms with van der Waals surface area (Å²) >= 11 is 6.36. The maximum atomic E-state index is 14.8. The SMILES string of the molecule is COc1ccc(C(=N)c2c(N)ncnc2NCC2Nc3cccc(Cl)c3C(=O)N2c2ccccc2)c(F)c1F. The number of ether oxygens (including phenoxy) is 1. The minimum Gasteiger partial charge on any atom is -0.494 e. The van der Waals surface area contributed by atoms with Crippen LogP contribution in [0.2, 0.25) is 5.02 Å². The van der Waals surface area contributed by atoms with Gasteiger partial charge < -0.3 is 21.1 Å². The number of hydrogen-bond donors (Lipinski definition) is 4. The summed E-state index contributed by atoms with van der Waals surface area (Å²) in [6.45, 7) is 0.0861. The van der Waals surface area contributed by atoms with Crippen molar-refractivity contribution in [3.05, 3.63) is 100 Å². The smallest absolute Gasteiger partial charge is 0.263 e. The van der Waals surface area contributed by atoms with Gasteiger partial charge in [-0.3, -0.25) is 15.1 Å². The van der Waals surface area contributed by atoms with E-state index in [2.05, 4.69) is 20.6 Å². The van der Waals surface area contributed by atoms with Crippen molar-refractivity contribution in [2.24, 2.45) is 0 Å². The van der Waals surface area contributed by atoms with Crippen molar-refractivity contribution >= 4 is 46.2 Å². The zero-order chi connectivity index (χ0) is 27.7. The van der Waals surface area contributed by atoms with Crippen LogP contribution in [0, 0.1) is 17.0 Å². The molecule has 1 aromatic heterocycles. The molecule has 3 aromatic carbocycles. The number of amides is 1. The molecule has 2 heterocycles. The van der Waals surface area contributed by atoms with Crippen molar-refractivity contribution in [2.75, 3.05) is 34.9 Å². The van der Waals surface area contributed by atoms with E-state index in [1.807, 2.05) is 18.2 Å². The molecule has 0 bridgehead atoms. The largest absolute Gasteiger partial charge is 0.494 e. The molecule has 1 aliphatic heterocycles. The average Bonchev–Trinajstić information content (AvgIpc) is 2.93. The average molecular weight is 550 g/mol. The molecular weight excluding hydrogens is 528 g/mol. The number of fused-ring (bicyclic) bond motifs is 1. The van der Waals surface area contributed by atoms with Gasteiger partial charge in [-0.25, -0.2) is 14.4 Å². The lowest BCUT2D eigenvalue weighted by molar-refractivity contribution is 0.0976. The lowest BCUT2D eigenvalue weighted by atomic mass is 10.0. The lowest BCUT2D eigenvalue weighted by Crippen LogP contribution is -2.52. The number of halogens is 3. The van der Waals surface area contributed by atoms with Crippen LogP contribution in [0.3, 0.4) is 0 Å². The molecule has 12 heteroatoms. The standard InChI is InChI=1S/C27H22ClF2N7O2/c1-39-18-11-10-15(22(29)23(18)30)24(31)21-25(32)34-13-35-26(21)33-12-19-36-17-9-5-8-16(28)20(17)27(38)37(19)14-6-3-2-4-7-14/h2-11,13,19,31,36H,12H2,1H3,(H3,32,33,34,35). The molecule has 39 heavy (non-hydrogen) atoms. The fraction of sp³-hybridized carbons (Fsp3) is 0.111. The molecule has 5 N–H and O–H groups in total. The molecule has 0 saturated carbocycles. The van der Waals surface area contributed by atoms with Crippen LogP contribution in [-0.2, 0) is 0 Å². The molecule has 0 spiro atoms. The Morgan fingerprint density at radius 1 is 1.13 bits per heavy atom. The topological polar surface area (TPSA) is 129 Å². The molecule has 9 nitrogen and oxygen atoms in total. The number of aromatic nitrogens is 2. The summed E-state index contributed by atoms with van der Waals surface area (Å²) in [5, 5.41) is 15.3. The predicted octanol–water partition coefficient (Wildman–Crippen LogP) is 4.93. The third-order valence-electron chi connectivity index (χ3n) is 6.24. The highest BCUT2D eigenvalue weighted by Crippen LogP contribution is 2.34. The van der Waals surface area contributed by atoms with Crippen LogP contribution in [-0.4, -0.2) is 41.4 Å². The van der Waals surface area contributed by atoms with Crippen molar-refractivity contribution in [1.82, 2.24) is 9.97 Å². The van der Waals surface area contributed by atoms with Crippen molar-refractivity contribution < 1.29 is 18.3 Å². The Kier molecular flexibility index (Phi) is 6.99. The molecule has 1 unspecified atom stereocenters.